The van der Waals surface area contributed by atoms with Crippen LogP contribution in [0.25, 0.3) is 11.1 Å². The first kappa shape index (κ1) is 20.9. The number of methoxy groups -OCH3 is 2. The van der Waals surface area contributed by atoms with Crippen molar-refractivity contribution in [2.75, 3.05) is 14.2 Å². The first-order chi connectivity index (χ1) is 10.4. The average molecular weight is 340 g/mol. The van der Waals surface area contributed by atoms with E-state index in [1.807, 2.05) is 0 Å². The molecule has 0 aliphatic carbocycles. The minimum atomic E-state index is -3.57. The molecule has 0 aliphatic heterocycles. The van der Waals surface area contributed by atoms with Gasteiger partial charge in [-0.05, 0) is 10.1 Å². The third-order valence-corrected chi connectivity index (χ3v) is 10.4. The lowest BCUT2D eigenvalue weighted by molar-refractivity contribution is -0.137. The monoisotopic (exact) mass is 340 g/mol. The zero-order chi connectivity index (χ0) is 18.6. The van der Waals surface area contributed by atoms with E-state index in [4.69, 9.17) is 9.47 Å². The molecule has 0 fully saturated rings. The van der Waals surface area contributed by atoms with Crippen LogP contribution < -0.4 is 0 Å². The van der Waals surface area contributed by atoms with Gasteiger partial charge in [-0.3, -0.25) is 0 Å². The number of hydrogen-bond acceptors (Lipinski definition) is 4. The van der Waals surface area contributed by atoms with Gasteiger partial charge in [-0.2, -0.15) is 9.58 Å². The normalized spacial score (nSPS) is 11.8. The molecule has 0 saturated heterocycles. The SMILES string of the molecule is COC(=O)C(=[N+]=[N-])[Si](C(=[N+]=[N-])C(=O)OC)(C(C)(C)C)C(C)(C)C. The van der Waals surface area contributed by atoms with Crippen LogP contribution in [-0.2, 0) is 19.1 Å². The summed E-state index contributed by atoms with van der Waals surface area (Å²) >= 11 is 0. The van der Waals surface area contributed by atoms with E-state index >= 15 is 0 Å². The van der Waals surface area contributed by atoms with Crippen molar-refractivity contribution in [2.45, 2.75) is 51.6 Å². The van der Waals surface area contributed by atoms with Crippen LogP contribution in [0.1, 0.15) is 41.5 Å². The van der Waals surface area contributed by atoms with Gasteiger partial charge in [0.1, 0.15) is 0 Å². The summed E-state index contributed by atoms with van der Waals surface area (Å²) in [6.45, 7) is 10.7. The molecule has 128 valence electrons. The second-order valence-corrected chi connectivity index (χ2v) is 12.6. The molecule has 0 radical (unpaired) electrons. The lowest BCUT2D eigenvalue weighted by atomic mass is 10.2. The highest BCUT2D eigenvalue weighted by atomic mass is 28.3. The molecule has 0 aliphatic rings. The second kappa shape index (κ2) is 7.00. The Kier molecular flexibility index (Phi) is 6.36. The molecule has 0 aromatic carbocycles. The largest absolute Gasteiger partial charge is 0.461 e. The Morgan fingerprint density at radius 2 is 1.04 bits per heavy atom. The van der Waals surface area contributed by atoms with Crippen molar-refractivity contribution >= 4 is 30.7 Å². The summed E-state index contributed by atoms with van der Waals surface area (Å²) < 4.78 is 9.45. The maximum absolute atomic E-state index is 12.2. The van der Waals surface area contributed by atoms with Crippen LogP contribution in [0.2, 0.25) is 10.1 Å². The van der Waals surface area contributed by atoms with Gasteiger partial charge in [0.05, 0.1) is 14.2 Å². The van der Waals surface area contributed by atoms with Gasteiger partial charge in [0.2, 0.25) is 0 Å². The van der Waals surface area contributed by atoms with Crippen LogP contribution in [0.4, 0.5) is 0 Å². The van der Waals surface area contributed by atoms with Crippen LogP contribution in [0, 0.1) is 0 Å². The maximum atomic E-state index is 12.2. The molecule has 0 saturated carbocycles. The van der Waals surface area contributed by atoms with E-state index in [2.05, 4.69) is 9.58 Å². The van der Waals surface area contributed by atoms with Crippen LogP contribution in [-0.4, -0.2) is 54.5 Å². The molecular formula is C14H24N4O4Si. The van der Waals surface area contributed by atoms with E-state index in [-0.39, 0.29) is 10.7 Å². The second-order valence-electron chi connectivity index (χ2n) is 7.13. The van der Waals surface area contributed by atoms with Crippen LogP contribution in [0.3, 0.4) is 0 Å². The number of carbonyl (C=O) groups is 2. The van der Waals surface area contributed by atoms with Crippen molar-refractivity contribution < 1.29 is 28.6 Å². The highest BCUT2D eigenvalue weighted by Gasteiger charge is 2.75. The summed E-state index contributed by atoms with van der Waals surface area (Å²) in [4.78, 5) is 30.8. The van der Waals surface area contributed by atoms with E-state index in [0.717, 1.165) is 14.2 Å². The standard InChI is InChI=1S/C14H24N4O4Si/c1-13(2,3)23(14(4,5)6,9(17-15)11(19)21-7)10(18-16)12(20)22-8/h1-8H3. The van der Waals surface area contributed by atoms with Crippen molar-refractivity contribution in [1.82, 2.24) is 0 Å². The Bertz CT molecular complexity index is 549. The number of nitrogens with zero attached hydrogens (tertiary/aromatic N) is 4. The molecule has 0 rings (SSSR count). The Morgan fingerprint density at radius 3 is 1.17 bits per heavy atom. The van der Waals surface area contributed by atoms with E-state index in [1.54, 1.807) is 41.5 Å². The van der Waals surface area contributed by atoms with E-state index in [0.29, 0.717) is 0 Å². The van der Waals surface area contributed by atoms with Gasteiger partial charge >= 0.3 is 30.7 Å². The first-order valence-electron chi connectivity index (χ1n) is 6.98. The van der Waals surface area contributed by atoms with Crippen LogP contribution in [0.5, 0.6) is 0 Å². The Balaban J connectivity index is 7.24. The summed E-state index contributed by atoms with van der Waals surface area (Å²) in [6, 6.07) is 0. The Hall–Kier alpha value is -2.08. The smallest absolute Gasteiger partial charge is 0.410 e. The van der Waals surface area contributed by atoms with Crippen LogP contribution >= 0.6 is 0 Å². The van der Waals surface area contributed by atoms with Gasteiger partial charge < -0.3 is 20.5 Å². The fraction of sp³-hybridized carbons (Fsp3) is 0.714. The highest BCUT2D eigenvalue weighted by molar-refractivity contribution is 7.36. The zero-order valence-corrected chi connectivity index (χ0v) is 15.9. The molecule has 0 aromatic heterocycles. The topological polar surface area (TPSA) is 125 Å². The van der Waals surface area contributed by atoms with Gasteiger partial charge in [0.15, 0.2) is 0 Å². The summed E-state index contributed by atoms with van der Waals surface area (Å²) in [7, 11) is -1.29. The number of esters is 2. The molecule has 0 N–H and O–H groups in total. The van der Waals surface area contributed by atoms with E-state index < -0.39 is 30.1 Å². The molecule has 0 amide bonds. The fourth-order valence-electron chi connectivity index (χ4n) is 3.39. The fourth-order valence-corrected chi connectivity index (χ4v) is 9.82. The number of rotatable bonds is 4. The summed E-state index contributed by atoms with van der Waals surface area (Å²) in [6.07, 6.45) is 0. The lowest BCUT2D eigenvalue weighted by Gasteiger charge is -2.42. The molecule has 8 nitrogen and oxygen atoms in total. The van der Waals surface area contributed by atoms with Gasteiger partial charge in [-0.15, -0.1) is 0 Å². The van der Waals surface area contributed by atoms with Gasteiger partial charge in [-0.1, -0.05) is 41.5 Å². The van der Waals surface area contributed by atoms with Crippen molar-refractivity contribution in [1.29, 1.82) is 0 Å². The van der Waals surface area contributed by atoms with E-state index in [9.17, 15) is 20.7 Å². The molecule has 9 heteroatoms. The molecule has 0 heterocycles. The molecule has 0 bridgehead atoms. The highest BCUT2D eigenvalue weighted by Crippen LogP contribution is 2.52. The lowest BCUT2D eigenvalue weighted by Crippen LogP contribution is -2.69. The minimum Gasteiger partial charge on any atom is -0.461 e. The molecular weight excluding hydrogens is 316 g/mol. The predicted molar refractivity (Wildman–Crippen MR) is 86.5 cm³/mol. The first-order valence-corrected chi connectivity index (χ1v) is 8.98. The van der Waals surface area contributed by atoms with Crippen molar-refractivity contribution in [3.8, 4) is 0 Å². The van der Waals surface area contributed by atoms with Gasteiger partial charge in [0.25, 0.3) is 0 Å². The van der Waals surface area contributed by atoms with Gasteiger partial charge in [-0.25, -0.2) is 9.59 Å². The third kappa shape index (κ3) is 3.31. The van der Waals surface area contributed by atoms with Crippen LogP contribution in [0.15, 0.2) is 0 Å². The molecule has 0 spiro atoms. The predicted octanol–water partition coefficient (Wildman–Crippen LogP) is 1.80. The molecule has 23 heavy (non-hydrogen) atoms. The number of ether oxygens (including phenoxy) is 2. The number of hydrogen-bond donors (Lipinski definition) is 0. The van der Waals surface area contributed by atoms with Gasteiger partial charge in [0, 0.05) is 0 Å². The molecule has 0 unspecified atom stereocenters. The van der Waals surface area contributed by atoms with Crippen molar-refractivity contribution in [2.24, 2.45) is 0 Å². The summed E-state index contributed by atoms with van der Waals surface area (Å²) in [5.74, 6) is -1.76. The van der Waals surface area contributed by atoms with Crippen molar-refractivity contribution in [3.63, 3.8) is 0 Å². The molecule has 0 atom stereocenters. The average Bonchev–Trinajstić information content (AvgIpc) is 2.43. The van der Waals surface area contributed by atoms with E-state index in [1.165, 1.54) is 0 Å². The Morgan fingerprint density at radius 1 is 0.783 bits per heavy atom. The minimum absolute atomic E-state index is 0.307. The third-order valence-electron chi connectivity index (χ3n) is 3.92. The quantitative estimate of drug-likeness (QED) is 0.254. The maximum Gasteiger partial charge on any atom is 0.410 e. The molecule has 0 aromatic rings. The summed E-state index contributed by atoms with van der Waals surface area (Å²) in [5, 5.41) is -2.09. The summed E-state index contributed by atoms with van der Waals surface area (Å²) in [5.41, 5.74) is 19.0. The zero-order valence-electron chi connectivity index (χ0n) is 14.9. The number of carbonyl (C=O) groups excluding carboxylic acids is 2. The Labute approximate surface area is 137 Å². The van der Waals surface area contributed by atoms with Crippen molar-refractivity contribution in [3.05, 3.63) is 11.1 Å².